The molecule has 2 unspecified atom stereocenters. The molecule has 0 saturated carbocycles. The predicted octanol–water partition coefficient (Wildman–Crippen LogP) is -0.177. The Bertz CT molecular complexity index is 367. The predicted molar refractivity (Wildman–Crippen MR) is 55.4 cm³/mol. The summed E-state index contributed by atoms with van der Waals surface area (Å²) in [5.74, 6) is -1.33. The lowest BCUT2D eigenvalue weighted by Gasteiger charge is -2.53. The van der Waals surface area contributed by atoms with Gasteiger partial charge in [-0.05, 0) is 19.8 Å². The van der Waals surface area contributed by atoms with E-state index in [2.05, 4.69) is 5.32 Å². The van der Waals surface area contributed by atoms with Crippen molar-refractivity contribution in [3.63, 3.8) is 0 Å². The normalized spacial score (nSPS) is 43.5. The summed E-state index contributed by atoms with van der Waals surface area (Å²) in [4.78, 5) is 23.3. The zero-order valence-electron chi connectivity index (χ0n) is 9.90. The first-order chi connectivity index (χ1) is 7.27. The van der Waals surface area contributed by atoms with Gasteiger partial charge in [-0.3, -0.25) is 4.79 Å². The second kappa shape index (κ2) is 2.97. The van der Waals surface area contributed by atoms with Crippen LogP contribution in [-0.2, 0) is 14.3 Å². The van der Waals surface area contributed by atoms with Gasteiger partial charge in [-0.2, -0.15) is 0 Å². The van der Waals surface area contributed by atoms with Crippen LogP contribution < -0.4 is 5.32 Å². The molecule has 0 radical (unpaired) electrons. The zero-order valence-corrected chi connectivity index (χ0v) is 9.90. The molecule has 90 valence electrons. The maximum absolute atomic E-state index is 11.7. The summed E-state index contributed by atoms with van der Waals surface area (Å²) in [7, 11) is 0. The van der Waals surface area contributed by atoms with Crippen LogP contribution in [-0.4, -0.2) is 34.2 Å². The summed E-state index contributed by atoms with van der Waals surface area (Å²) in [5.41, 5.74) is -2.18. The fourth-order valence-corrected chi connectivity index (χ4v) is 2.66. The third-order valence-corrected chi connectivity index (χ3v) is 4.02. The highest BCUT2D eigenvalue weighted by Gasteiger charge is 2.78. The van der Waals surface area contributed by atoms with Crippen molar-refractivity contribution in [1.82, 2.24) is 5.32 Å². The molecular weight excluding hydrogens is 210 g/mol. The summed E-state index contributed by atoms with van der Waals surface area (Å²) in [6, 6.07) is 0. The molecule has 2 fully saturated rings. The molecule has 0 aromatic heterocycles. The molecule has 2 aliphatic heterocycles. The minimum Gasteiger partial charge on any atom is -0.453 e. The molecule has 4 atom stereocenters. The lowest BCUT2D eigenvalue weighted by Crippen LogP contribution is -2.79. The van der Waals surface area contributed by atoms with Crippen LogP contribution >= 0.6 is 0 Å². The highest BCUT2D eigenvalue weighted by Crippen LogP contribution is 2.51. The highest BCUT2D eigenvalue weighted by atomic mass is 16.6. The number of nitrogens with one attached hydrogen (secondary N) is 1. The number of esters is 1. The zero-order chi connectivity index (χ0) is 12.3. The SMILES string of the molecule is CC(C)C(O)[C@@]12NC(=O)C(C)[C@]1(C)OC2=O. The lowest BCUT2D eigenvalue weighted by molar-refractivity contribution is -0.237. The van der Waals surface area contributed by atoms with E-state index in [1.807, 2.05) is 0 Å². The molecule has 16 heavy (non-hydrogen) atoms. The van der Waals surface area contributed by atoms with Gasteiger partial charge in [-0.15, -0.1) is 0 Å². The van der Waals surface area contributed by atoms with Crippen LogP contribution in [0, 0.1) is 11.8 Å². The molecule has 0 spiro atoms. The molecular formula is C11H17NO4. The molecule has 2 aliphatic rings. The highest BCUT2D eigenvalue weighted by molar-refractivity contribution is 6.01. The first-order valence-electron chi connectivity index (χ1n) is 5.51. The smallest absolute Gasteiger partial charge is 0.339 e. The first-order valence-corrected chi connectivity index (χ1v) is 5.51. The van der Waals surface area contributed by atoms with Crippen molar-refractivity contribution in [3.8, 4) is 0 Å². The van der Waals surface area contributed by atoms with E-state index in [0.717, 1.165) is 0 Å². The minimum atomic E-state index is -1.25. The Labute approximate surface area is 94.2 Å². The Morgan fingerprint density at radius 1 is 1.44 bits per heavy atom. The Balaban J connectivity index is 2.45. The molecule has 0 aromatic rings. The van der Waals surface area contributed by atoms with Crippen LogP contribution in [0.5, 0.6) is 0 Å². The molecule has 5 heteroatoms. The number of aliphatic hydroxyl groups excluding tert-OH is 1. The average Bonchev–Trinajstić information content (AvgIpc) is 2.36. The summed E-state index contributed by atoms with van der Waals surface area (Å²) < 4.78 is 5.13. The largest absolute Gasteiger partial charge is 0.453 e. The quantitative estimate of drug-likeness (QED) is 0.642. The second-order valence-corrected chi connectivity index (χ2v) is 5.20. The number of ether oxygens (including phenoxy) is 1. The third-order valence-electron chi connectivity index (χ3n) is 4.02. The van der Waals surface area contributed by atoms with E-state index in [1.165, 1.54) is 0 Å². The van der Waals surface area contributed by atoms with Crippen LogP contribution in [0.4, 0.5) is 0 Å². The lowest BCUT2D eigenvalue weighted by atomic mass is 9.67. The standard InChI is InChI=1S/C11H17NO4/c1-5(2)7(13)11-9(15)16-10(11,4)6(3)8(14)12-11/h5-7,13H,1-4H3,(H,12,14)/t6?,7?,10-,11-/m0/s1. The number of carbonyl (C=O) groups is 2. The van der Waals surface area contributed by atoms with Gasteiger partial charge in [0.2, 0.25) is 11.4 Å². The maximum Gasteiger partial charge on any atom is 0.339 e. The van der Waals surface area contributed by atoms with Gasteiger partial charge >= 0.3 is 5.97 Å². The summed E-state index contributed by atoms with van der Waals surface area (Å²) in [6.45, 7) is 7.01. The van der Waals surface area contributed by atoms with E-state index in [4.69, 9.17) is 4.74 Å². The van der Waals surface area contributed by atoms with E-state index < -0.39 is 29.1 Å². The van der Waals surface area contributed by atoms with Crippen molar-refractivity contribution in [2.45, 2.75) is 44.9 Å². The second-order valence-electron chi connectivity index (χ2n) is 5.20. The molecule has 1 amide bonds. The van der Waals surface area contributed by atoms with Gasteiger partial charge in [0.1, 0.15) is 0 Å². The van der Waals surface area contributed by atoms with Crippen molar-refractivity contribution in [3.05, 3.63) is 0 Å². The summed E-state index contributed by atoms with van der Waals surface area (Å²) in [5, 5.41) is 12.8. The van der Waals surface area contributed by atoms with Gasteiger partial charge in [0, 0.05) is 0 Å². The number of hydrogen-bond acceptors (Lipinski definition) is 4. The molecule has 0 aliphatic carbocycles. The first kappa shape index (κ1) is 11.4. The number of rotatable bonds is 2. The van der Waals surface area contributed by atoms with Gasteiger partial charge in [-0.25, -0.2) is 4.79 Å². The molecule has 2 heterocycles. The third kappa shape index (κ3) is 0.948. The fraction of sp³-hybridized carbons (Fsp3) is 0.818. The van der Waals surface area contributed by atoms with Crippen molar-refractivity contribution >= 4 is 11.9 Å². The topological polar surface area (TPSA) is 75.6 Å². The fourth-order valence-electron chi connectivity index (χ4n) is 2.66. The molecule has 0 aromatic carbocycles. The Hall–Kier alpha value is -1.10. The number of hydrogen-bond donors (Lipinski definition) is 2. The molecule has 2 rings (SSSR count). The van der Waals surface area contributed by atoms with E-state index >= 15 is 0 Å². The monoisotopic (exact) mass is 227 g/mol. The Kier molecular flexibility index (Phi) is 2.11. The van der Waals surface area contributed by atoms with Gasteiger partial charge in [0.15, 0.2) is 5.60 Å². The Morgan fingerprint density at radius 3 is 2.38 bits per heavy atom. The van der Waals surface area contributed by atoms with Gasteiger partial charge < -0.3 is 15.2 Å². The molecule has 2 saturated heterocycles. The van der Waals surface area contributed by atoms with Crippen molar-refractivity contribution in [2.75, 3.05) is 0 Å². The number of aliphatic hydroxyl groups is 1. The number of carbonyl (C=O) groups excluding carboxylic acids is 2. The maximum atomic E-state index is 11.7. The number of amides is 1. The molecule has 5 nitrogen and oxygen atoms in total. The summed E-state index contributed by atoms with van der Waals surface area (Å²) in [6.07, 6.45) is -0.923. The van der Waals surface area contributed by atoms with E-state index in [1.54, 1.807) is 27.7 Å². The van der Waals surface area contributed by atoms with Crippen LogP contribution in [0.1, 0.15) is 27.7 Å². The number of fused-ring (bicyclic) bond motifs is 1. The molecule has 0 bridgehead atoms. The van der Waals surface area contributed by atoms with Crippen molar-refractivity contribution < 1.29 is 19.4 Å². The van der Waals surface area contributed by atoms with Gasteiger partial charge in [-0.1, -0.05) is 13.8 Å². The van der Waals surface area contributed by atoms with E-state index in [0.29, 0.717) is 0 Å². The van der Waals surface area contributed by atoms with Gasteiger partial charge in [0.05, 0.1) is 12.0 Å². The minimum absolute atomic E-state index is 0.127. The van der Waals surface area contributed by atoms with E-state index in [9.17, 15) is 14.7 Å². The van der Waals surface area contributed by atoms with Crippen LogP contribution in [0.25, 0.3) is 0 Å². The average molecular weight is 227 g/mol. The van der Waals surface area contributed by atoms with Crippen molar-refractivity contribution in [2.24, 2.45) is 11.8 Å². The Morgan fingerprint density at radius 2 is 2.00 bits per heavy atom. The van der Waals surface area contributed by atoms with Crippen LogP contribution in [0.3, 0.4) is 0 Å². The van der Waals surface area contributed by atoms with Crippen LogP contribution in [0.2, 0.25) is 0 Å². The molecule has 2 N–H and O–H groups in total. The van der Waals surface area contributed by atoms with Crippen molar-refractivity contribution in [1.29, 1.82) is 0 Å². The summed E-state index contributed by atoms with van der Waals surface area (Å²) >= 11 is 0. The van der Waals surface area contributed by atoms with E-state index in [-0.39, 0.29) is 11.8 Å². The van der Waals surface area contributed by atoms with Gasteiger partial charge in [0.25, 0.3) is 0 Å². The van der Waals surface area contributed by atoms with Crippen LogP contribution in [0.15, 0.2) is 0 Å².